The highest BCUT2D eigenvalue weighted by Crippen LogP contribution is 2.26. The van der Waals surface area contributed by atoms with Gasteiger partial charge in [0.1, 0.15) is 5.84 Å². The van der Waals surface area contributed by atoms with Crippen molar-refractivity contribution in [2.75, 3.05) is 5.32 Å². The van der Waals surface area contributed by atoms with E-state index in [2.05, 4.69) is 10.6 Å². The van der Waals surface area contributed by atoms with Crippen LogP contribution >= 0.6 is 0 Å². The molecule has 1 unspecified atom stereocenters. The summed E-state index contributed by atoms with van der Waals surface area (Å²) in [6.07, 6.45) is 5.58. The summed E-state index contributed by atoms with van der Waals surface area (Å²) < 4.78 is 0. The first kappa shape index (κ1) is 14.4. The molecule has 1 aromatic carbocycles. The average Bonchev–Trinajstić information content (AvgIpc) is 2.46. The first-order valence-electron chi connectivity index (χ1n) is 7.13. The number of nitrogens with two attached hydrogens (primary N) is 1. The molecular weight excluding hydrogens is 252 g/mol. The van der Waals surface area contributed by atoms with E-state index in [-0.39, 0.29) is 23.8 Å². The summed E-state index contributed by atoms with van der Waals surface area (Å²) >= 11 is 0. The Balaban J connectivity index is 1.93. The summed E-state index contributed by atoms with van der Waals surface area (Å²) in [5.74, 6) is 0.322. The molecule has 0 heterocycles. The van der Waals surface area contributed by atoms with E-state index >= 15 is 0 Å². The van der Waals surface area contributed by atoms with Crippen LogP contribution in [0.25, 0.3) is 0 Å². The number of carbonyl (C=O) groups excluding carboxylic acids is 1. The molecule has 108 valence electrons. The second-order valence-corrected chi connectivity index (χ2v) is 5.30. The third-order valence-corrected chi connectivity index (χ3v) is 3.77. The van der Waals surface area contributed by atoms with Crippen molar-refractivity contribution in [2.45, 2.75) is 38.1 Å². The van der Waals surface area contributed by atoms with E-state index in [1.165, 1.54) is 6.42 Å². The van der Waals surface area contributed by atoms with Crippen LogP contribution in [0.4, 0.5) is 10.5 Å². The fourth-order valence-corrected chi connectivity index (χ4v) is 2.75. The lowest BCUT2D eigenvalue weighted by molar-refractivity contribution is 0.242. The number of hydrogen-bond donors (Lipinski definition) is 4. The van der Waals surface area contributed by atoms with Gasteiger partial charge in [-0.3, -0.25) is 5.41 Å². The Morgan fingerprint density at radius 2 is 1.85 bits per heavy atom. The molecule has 0 aliphatic heterocycles. The van der Waals surface area contributed by atoms with Crippen molar-refractivity contribution in [1.29, 1.82) is 5.41 Å². The Hall–Kier alpha value is -2.04. The molecule has 5 heteroatoms. The highest BCUT2D eigenvalue weighted by molar-refractivity contribution is 5.94. The van der Waals surface area contributed by atoms with E-state index in [0.717, 1.165) is 31.4 Å². The van der Waals surface area contributed by atoms with Gasteiger partial charge in [0.15, 0.2) is 0 Å². The van der Waals surface area contributed by atoms with Crippen molar-refractivity contribution < 1.29 is 4.79 Å². The Morgan fingerprint density at radius 1 is 1.20 bits per heavy atom. The fraction of sp³-hybridized carbons (Fsp3) is 0.467. The molecule has 2 rings (SSSR count). The topological polar surface area (TPSA) is 91.0 Å². The third-order valence-electron chi connectivity index (χ3n) is 3.77. The Labute approximate surface area is 119 Å². The quantitative estimate of drug-likeness (QED) is 0.502. The molecule has 5 N–H and O–H groups in total. The molecule has 1 fully saturated rings. The number of para-hydroxylation sites is 1. The van der Waals surface area contributed by atoms with E-state index in [0.29, 0.717) is 0 Å². The molecule has 0 saturated heterocycles. The average molecular weight is 274 g/mol. The van der Waals surface area contributed by atoms with Gasteiger partial charge in [-0.25, -0.2) is 4.79 Å². The number of amides is 2. The van der Waals surface area contributed by atoms with Crippen molar-refractivity contribution in [3.05, 3.63) is 30.3 Å². The van der Waals surface area contributed by atoms with E-state index in [9.17, 15) is 4.79 Å². The molecule has 0 bridgehead atoms. The number of nitrogens with one attached hydrogen (secondary N) is 3. The van der Waals surface area contributed by atoms with Crippen LogP contribution in [-0.4, -0.2) is 17.9 Å². The molecule has 1 aliphatic carbocycles. The van der Waals surface area contributed by atoms with Crippen LogP contribution in [-0.2, 0) is 0 Å². The van der Waals surface area contributed by atoms with Crippen molar-refractivity contribution >= 4 is 17.6 Å². The lowest BCUT2D eigenvalue weighted by atomic mass is 9.83. The minimum absolute atomic E-state index is 0.0418. The molecular formula is C15H22N4O. The molecule has 1 aliphatic rings. The number of urea groups is 1. The normalized spacial score (nSPS) is 17.2. The van der Waals surface area contributed by atoms with Crippen molar-refractivity contribution in [3.63, 3.8) is 0 Å². The lowest BCUT2D eigenvalue weighted by Gasteiger charge is -2.30. The van der Waals surface area contributed by atoms with Crippen molar-refractivity contribution in [1.82, 2.24) is 5.32 Å². The summed E-state index contributed by atoms with van der Waals surface area (Å²) in [6, 6.07) is 8.59. The van der Waals surface area contributed by atoms with Gasteiger partial charge < -0.3 is 16.4 Å². The highest BCUT2D eigenvalue weighted by atomic mass is 16.2. The van der Waals surface area contributed by atoms with E-state index in [1.807, 2.05) is 30.3 Å². The van der Waals surface area contributed by atoms with Gasteiger partial charge in [-0.15, -0.1) is 0 Å². The second kappa shape index (κ2) is 6.93. The molecule has 1 atom stereocenters. The van der Waals surface area contributed by atoms with Gasteiger partial charge in [0.2, 0.25) is 0 Å². The van der Waals surface area contributed by atoms with Gasteiger partial charge in [-0.1, -0.05) is 37.5 Å². The molecule has 0 aromatic heterocycles. The Kier molecular flexibility index (Phi) is 4.98. The van der Waals surface area contributed by atoms with E-state index < -0.39 is 0 Å². The van der Waals surface area contributed by atoms with Crippen LogP contribution in [0.3, 0.4) is 0 Å². The molecule has 0 spiro atoms. The predicted molar refractivity (Wildman–Crippen MR) is 80.9 cm³/mol. The molecule has 20 heavy (non-hydrogen) atoms. The molecule has 2 amide bonds. The maximum atomic E-state index is 12.0. The van der Waals surface area contributed by atoms with E-state index in [4.69, 9.17) is 11.1 Å². The van der Waals surface area contributed by atoms with Crippen LogP contribution < -0.4 is 16.4 Å². The molecule has 1 aromatic rings. The monoisotopic (exact) mass is 274 g/mol. The van der Waals surface area contributed by atoms with Crippen LogP contribution in [0.15, 0.2) is 30.3 Å². The molecule has 0 radical (unpaired) electrons. The smallest absolute Gasteiger partial charge is 0.319 e. The van der Waals surface area contributed by atoms with Crippen molar-refractivity contribution in [2.24, 2.45) is 11.7 Å². The fourth-order valence-electron chi connectivity index (χ4n) is 2.75. The van der Waals surface area contributed by atoms with Gasteiger partial charge in [-0.05, 0) is 30.9 Å². The summed E-state index contributed by atoms with van der Waals surface area (Å²) in [7, 11) is 0. The van der Waals surface area contributed by atoms with Crippen LogP contribution in [0.1, 0.15) is 32.1 Å². The zero-order valence-electron chi connectivity index (χ0n) is 11.6. The zero-order chi connectivity index (χ0) is 14.4. The van der Waals surface area contributed by atoms with E-state index in [1.54, 1.807) is 0 Å². The van der Waals surface area contributed by atoms with Gasteiger partial charge in [0, 0.05) is 5.69 Å². The van der Waals surface area contributed by atoms with Crippen LogP contribution in [0.5, 0.6) is 0 Å². The predicted octanol–water partition coefficient (Wildman–Crippen LogP) is 2.69. The van der Waals surface area contributed by atoms with Crippen LogP contribution in [0.2, 0.25) is 0 Å². The van der Waals surface area contributed by atoms with Gasteiger partial charge in [0.25, 0.3) is 0 Å². The highest BCUT2D eigenvalue weighted by Gasteiger charge is 2.27. The molecule has 1 saturated carbocycles. The number of carbonyl (C=O) groups is 1. The standard InChI is InChI=1S/C15H22N4O/c16-14(17)13(11-7-3-1-4-8-11)19-15(20)18-12-9-5-2-6-10-12/h2,5-6,9-11,13H,1,3-4,7-8H2,(H3,16,17)(H2,18,19,20). The minimum atomic E-state index is -0.362. The van der Waals surface area contributed by atoms with Gasteiger partial charge >= 0.3 is 6.03 Å². The zero-order valence-corrected chi connectivity index (χ0v) is 11.6. The maximum absolute atomic E-state index is 12.0. The molecule has 5 nitrogen and oxygen atoms in total. The van der Waals surface area contributed by atoms with Gasteiger partial charge in [-0.2, -0.15) is 0 Å². The number of anilines is 1. The van der Waals surface area contributed by atoms with Crippen LogP contribution in [0, 0.1) is 11.3 Å². The summed E-state index contributed by atoms with van der Waals surface area (Å²) in [5, 5.41) is 13.3. The second-order valence-electron chi connectivity index (χ2n) is 5.30. The maximum Gasteiger partial charge on any atom is 0.319 e. The Bertz CT molecular complexity index is 454. The SMILES string of the molecule is N=C(N)C(NC(=O)Nc1ccccc1)C1CCCCC1. The summed E-state index contributed by atoms with van der Waals surface area (Å²) in [6.45, 7) is 0. The Morgan fingerprint density at radius 3 is 2.45 bits per heavy atom. The lowest BCUT2D eigenvalue weighted by Crippen LogP contribution is -2.50. The van der Waals surface area contributed by atoms with Crippen molar-refractivity contribution in [3.8, 4) is 0 Å². The third kappa shape index (κ3) is 3.98. The van der Waals surface area contributed by atoms with Gasteiger partial charge in [0.05, 0.1) is 6.04 Å². The minimum Gasteiger partial charge on any atom is -0.386 e. The number of hydrogen-bond acceptors (Lipinski definition) is 2. The first-order valence-corrected chi connectivity index (χ1v) is 7.13. The summed E-state index contributed by atoms with van der Waals surface area (Å²) in [4.78, 5) is 12.0. The summed E-state index contributed by atoms with van der Waals surface area (Å²) in [5.41, 5.74) is 6.38. The number of rotatable bonds is 4. The first-order chi connectivity index (χ1) is 9.66. The largest absolute Gasteiger partial charge is 0.386 e. The number of benzene rings is 1. The number of amidine groups is 1.